The highest BCUT2D eigenvalue weighted by Crippen LogP contribution is 2.31. The quantitative estimate of drug-likeness (QED) is 0.566. The van der Waals surface area contributed by atoms with Crippen LogP contribution in [0.2, 0.25) is 0 Å². The molecule has 1 saturated heterocycles. The molecule has 0 radical (unpaired) electrons. The van der Waals surface area contributed by atoms with Crippen LogP contribution in [0.1, 0.15) is 32.6 Å². The first-order valence-electron chi connectivity index (χ1n) is 4.14. The highest BCUT2D eigenvalue weighted by atomic mass is 14.9. The lowest BCUT2D eigenvalue weighted by molar-refractivity contribution is 0.527. The lowest BCUT2D eigenvalue weighted by Gasteiger charge is -2.09. The first-order valence-corrected chi connectivity index (χ1v) is 4.14. The normalized spacial score (nSPS) is 23.7. The summed E-state index contributed by atoms with van der Waals surface area (Å²) in [6.07, 6.45) is 5.83. The van der Waals surface area contributed by atoms with Crippen molar-refractivity contribution >= 4 is 0 Å². The molecule has 0 aromatic rings. The van der Waals surface area contributed by atoms with E-state index < -0.39 is 0 Å². The molecule has 54 valence electrons. The van der Waals surface area contributed by atoms with Crippen molar-refractivity contribution in [1.82, 2.24) is 5.32 Å². The lowest BCUT2D eigenvalue weighted by atomic mass is 10.3. The summed E-state index contributed by atoms with van der Waals surface area (Å²) < 4.78 is 0. The molecule has 0 spiro atoms. The highest BCUT2D eigenvalue weighted by molar-refractivity contribution is 4.69. The van der Waals surface area contributed by atoms with E-state index >= 15 is 0 Å². The van der Waals surface area contributed by atoms with Crippen molar-refractivity contribution in [3.8, 4) is 0 Å². The summed E-state index contributed by atoms with van der Waals surface area (Å²) in [4.78, 5) is 0. The Labute approximate surface area is 57.8 Å². The Morgan fingerprint density at radius 2 is 1.78 bits per heavy atom. The van der Waals surface area contributed by atoms with Gasteiger partial charge in [-0.1, -0.05) is 26.2 Å². The van der Waals surface area contributed by atoms with Crippen LogP contribution in [-0.2, 0) is 0 Å². The van der Waals surface area contributed by atoms with Gasteiger partial charge in [-0.3, -0.25) is 0 Å². The Kier molecular flexibility index (Phi) is 3.05. The monoisotopic (exact) mass is 127 g/mol. The molecule has 1 aliphatic heterocycles. The topological polar surface area (TPSA) is 12.0 Å². The van der Waals surface area contributed by atoms with Gasteiger partial charge in [0, 0.05) is 0 Å². The van der Waals surface area contributed by atoms with Gasteiger partial charge in [0.25, 0.3) is 0 Å². The van der Waals surface area contributed by atoms with E-state index in [1.807, 2.05) is 0 Å². The highest BCUT2D eigenvalue weighted by Gasteiger charge is 2.17. The second kappa shape index (κ2) is 3.89. The zero-order chi connectivity index (χ0) is 6.53. The van der Waals surface area contributed by atoms with Gasteiger partial charge in [0.1, 0.15) is 0 Å². The van der Waals surface area contributed by atoms with Crippen molar-refractivity contribution < 1.29 is 0 Å². The maximum Gasteiger partial charge on any atom is -0.00368 e. The Morgan fingerprint density at radius 1 is 1.33 bits per heavy atom. The van der Waals surface area contributed by atoms with Crippen molar-refractivity contribution in [2.24, 2.45) is 5.92 Å². The van der Waals surface area contributed by atoms with Gasteiger partial charge < -0.3 is 5.32 Å². The van der Waals surface area contributed by atoms with Crippen molar-refractivity contribution in [1.29, 1.82) is 0 Å². The van der Waals surface area contributed by atoms with Gasteiger partial charge in [-0.2, -0.15) is 0 Å². The predicted molar refractivity (Wildman–Crippen MR) is 40.5 cm³/mol. The van der Waals surface area contributed by atoms with E-state index in [4.69, 9.17) is 0 Å². The number of hydrogen-bond donors (Lipinski definition) is 1. The molecular weight excluding hydrogens is 110 g/mol. The van der Waals surface area contributed by atoms with E-state index in [1.54, 1.807) is 0 Å². The van der Waals surface area contributed by atoms with Crippen molar-refractivity contribution in [3.05, 3.63) is 0 Å². The number of hydrogen-bond acceptors (Lipinski definition) is 1. The molecule has 1 heteroatoms. The van der Waals surface area contributed by atoms with Crippen molar-refractivity contribution in [3.63, 3.8) is 0 Å². The summed E-state index contributed by atoms with van der Waals surface area (Å²) in [6.45, 7) is 4.76. The average molecular weight is 127 g/mol. The van der Waals surface area contributed by atoms with Crippen LogP contribution in [0.15, 0.2) is 0 Å². The molecule has 1 nitrogen and oxygen atoms in total. The lowest BCUT2D eigenvalue weighted by Crippen LogP contribution is -2.29. The van der Waals surface area contributed by atoms with E-state index in [9.17, 15) is 0 Å². The minimum absolute atomic E-state index is 1.13. The van der Waals surface area contributed by atoms with E-state index in [0.717, 1.165) is 5.92 Å². The van der Waals surface area contributed by atoms with Gasteiger partial charge in [-0.15, -0.1) is 0 Å². The molecule has 0 atom stereocenters. The third-order valence-corrected chi connectivity index (χ3v) is 1.98. The van der Waals surface area contributed by atoms with Crippen molar-refractivity contribution in [2.75, 3.05) is 13.1 Å². The van der Waals surface area contributed by atoms with Gasteiger partial charge in [0.2, 0.25) is 0 Å². The Bertz CT molecular complexity index is 59.0. The zero-order valence-electron chi connectivity index (χ0n) is 6.32. The van der Waals surface area contributed by atoms with Crippen LogP contribution in [0, 0.1) is 5.92 Å². The summed E-state index contributed by atoms with van der Waals surface area (Å²) in [5.74, 6) is 1.13. The zero-order valence-corrected chi connectivity index (χ0v) is 6.32. The third-order valence-electron chi connectivity index (χ3n) is 1.98. The van der Waals surface area contributed by atoms with Crippen LogP contribution >= 0.6 is 0 Å². The Hall–Kier alpha value is -0.0400. The second-order valence-corrected chi connectivity index (χ2v) is 2.96. The van der Waals surface area contributed by atoms with Gasteiger partial charge in [0.15, 0.2) is 0 Å². The fraction of sp³-hybridized carbons (Fsp3) is 1.00. The molecule has 2 fully saturated rings. The minimum atomic E-state index is 1.13. The molecule has 2 aliphatic rings. The average Bonchev–Trinajstić information content (AvgIpc) is 2.39. The predicted octanol–water partition coefficient (Wildman–Crippen LogP) is 1.79. The maximum atomic E-state index is 3.11. The fourth-order valence-electron chi connectivity index (χ4n) is 0.703. The summed E-state index contributed by atoms with van der Waals surface area (Å²) in [6, 6.07) is 0. The smallest absolute Gasteiger partial charge is 0.00368 e. The van der Waals surface area contributed by atoms with E-state index in [1.165, 1.54) is 38.8 Å². The maximum absolute atomic E-state index is 3.11. The van der Waals surface area contributed by atoms with Crippen LogP contribution in [0.4, 0.5) is 0 Å². The molecule has 2 rings (SSSR count). The van der Waals surface area contributed by atoms with Gasteiger partial charge in [-0.25, -0.2) is 0 Å². The standard InChI is InChI=1S/C5H10.C3H7N/c1-2-5-3-4-5;1-2-4-3-1/h5H,2-4H2,1H3;4H,1-3H2. The number of rotatable bonds is 1. The van der Waals surface area contributed by atoms with Crippen LogP contribution in [-0.4, -0.2) is 13.1 Å². The molecule has 0 aromatic carbocycles. The Balaban J connectivity index is 0.0000000922. The molecule has 0 aromatic heterocycles. The summed E-state index contributed by atoms with van der Waals surface area (Å²) in [5.41, 5.74) is 0. The number of nitrogens with one attached hydrogen (secondary N) is 1. The summed E-state index contributed by atoms with van der Waals surface area (Å²) in [5, 5.41) is 3.11. The van der Waals surface area contributed by atoms with Crippen LogP contribution < -0.4 is 5.32 Å². The van der Waals surface area contributed by atoms with Gasteiger partial charge >= 0.3 is 0 Å². The molecule has 0 amide bonds. The molecule has 1 aliphatic carbocycles. The molecule has 0 bridgehead atoms. The molecule has 1 saturated carbocycles. The van der Waals surface area contributed by atoms with Crippen LogP contribution in [0.3, 0.4) is 0 Å². The molecule has 0 unspecified atom stereocenters. The summed E-state index contributed by atoms with van der Waals surface area (Å²) >= 11 is 0. The van der Waals surface area contributed by atoms with Crippen LogP contribution in [0.5, 0.6) is 0 Å². The molecule has 9 heavy (non-hydrogen) atoms. The van der Waals surface area contributed by atoms with E-state index in [2.05, 4.69) is 12.2 Å². The third kappa shape index (κ3) is 3.52. The van der Waals surface area contributed by atoms with Gasteiger partial charge in [0.05, 0.1) is 0 Å². The minimum Gasteiger partial charge on any atom is -0.317 e. The molecular formula is C8H17N. The summed E-state index contributed by atoms with van der Waals surface area (Å²) in [7, 11) is 0. The van der Waals surface area contributed by atoms with Crippen LogP contribution in [0.25, 0.3) is 0 Å². The van der Waals surface area contributed by atoms with Gasteiger partial charge in [-0.05, 0) is 25.4 Å². The first kappa shape index (κ1) is 7.07. The van der Waals surface area contributed by atoms with E-state index in [-0.39, 0.29) is 0 Å². The SMILES string of the molecule is C1CNC1.CCC1CC1. The Morgan fingerprint density at radius 3 is 1.78 bits per heavy atom. The second-order valence-electron chi connectivity index (χ2n) is 2.96. The van der Waals surface area contributed by atoms with Crippen molar-refractivity contribution in [2.45, 2.75) is 32.6 Å². The fourth-order valence-corrected chi connectivity index (χ4v) is 0.703. The van der Waals surface area contributed by atoms with E-state index in [0.29, 0.717) is 0 Å². The first-order chi connectivity index (χ1) is 4.43. The molecule has 1 N–H and O–H groups in total. The molecule has 1 heterocycles. The largest absolute Gasteiger partial charge is 0.317 e.